The zero-order chi connectivity index (χ0) is 11.4. The topological polar surface area (TPSA) is 49.6 Å². The average Bonchev–Trinajstić information content (AvgIpc) is 2.30. The first-order chi connectivity index (χ1) is 7.81. The maximum absolute atomic E-state index is 8.60. The fourth-order valence-corrected chi connectivity index (χ4v) is 1.86. The summed E-state index contributed by atoms with van der Waals surface area (Å²) in [4.78, 5) is 8.37. The van der Waals surface area contributed by atoms with Crippen molar-refractivity contribution in [1.29, 1.82) is 5.26 Å². The van der Waals surface area contributed by atoms with Crippen LogP contribution in [-0.2, 0) is 6.42 Å². The van der Waals surface area contributed by atoms with Gasteiger partial charge in [-0.3, -0.25) is 0 Å². The highest BCUT2D eigenvalue weighted by molar-refractivity contribution is 9.10. The van der Waals surface area contributed by atoms with E-state index >= 15 is 0 Å². The Bertz CT molecular complexity index is 546. The van der Waals surface area contributed by atoms with Crippen molar-refractivity contribution in [2.75, 3.05) is 0 Å². The molecule has 0 fully saturated rings. The Morgan fingerprint density at radius 3 is 2.81 bits per heavy atom. The first-order valence-corrected chi connectivity index (χ1v) is 5.54. The average molecular weight is 274 g/mol. The minimum Gasteiger partial charge on any atom is -0.240 e. The zero-order valence-corrected chi connectivity index (χ0v) is 9.98. The maximum Gasteiger partial charge on any atom is 0.142 e. The van der Waals surface area contributed by atoms with E-state index in [0.717, 1.165) is 15.7 Å². The van der Waals surface area contributed by atoms with E-state index in [1.54, 1.807) is 6.20 Å². The van der Waals surface area contributed by atoms with Gasteiger partial charge in [0, 0.05) is 16.2 Å². The number of aromatic nitrogens is 2. The van der Waals surface area contributed by atoms with E-state index in [1.807, 2.05) is 36.4 Å². The Morgan fingerprint density at radius 1 is 1.25 bits per heavy atom. The van der Waals surface area contributed by atoms with Crippen molar-refractivity contribution in [2.24, 2.45) is 0 Å². The molecule has 0 N–H and O–H groups in total. The van der Waals surface area contributed by atoms with Gasteiger partial charge in [-0.15, -0.1) is 0 Å². The van der Waals surface area contributed by atoms with Crippen LogP contribution in [0.3, 0.4) is 0 Å². The molecule has 0 aliphatic heterocycles. The van der Waals surface area contributed by atoms with Crippen LogP contribution in [0.15, 0.2) is 41.0 Å². The van der Waals surface area contributed by atoms with Crippen molar-refractivity contribution in [1.82, 2.24) is 9.97 Å². The van der Waals surface area contributed by atoms with Gasteiger partial charge in [0.25, 0.3) is 0 Å². The van der Waals surface area contributed by atoms with E-state index in [9.17, 15) is 0 Å². The Labute approximate surface area is 102 Å². The molecule has 1 aromatic heterocycles. The van der Waals surface area contributed by atoms with Gasteiger partial charge >= 0.3 is 0 Å². The van der Waals surface area contributed by atoms with Crippen LogP contribution in [0.1, 0.15) is 5.82 Å². The lowest BCUT2D eigenvalue weighted by Crippen LogP contribution is -1.95. The van der Waals surface area contributed by atoms with Crippen LogP contribution in [0.5, 0.6) is 0 Å². The number of halogens is 1. The third-order valence-corrected chi connectivity index (χ3v) is 2.78. The van der Waals surface area contributed by atoms with Crippen LogP contribution in [0.25, 0.3) is 11.3 Å². The molecule has 1 heterocycles. The van der Waals surface area contributed by atoms with Crippen LogP contribution in [0.2, 0.25) is 0 Å². The smallest absolute Gasteiger partial charge is 0.142 e. The molecule has 0 bridgehead atoms. The monoisotopic (exact) mass is 273 g/mol. The first-order valence-electron chi connectivity index (χ1n) is 4.75. The number of benzene rings is 1. The number of hydrogen-bond acceptors (Lipinski definition) is 3. The number of hydrogen-bond donors (Lipinski definition) is 0. The molecule has 0 unspecified atom stereocenters. The lowest BCUT2D eigenvalue weighted by Gasteiger charge is -2.03. The quantitative estimate of drug-likeness (QED) is 0.845. The van der Waals surface area contributed by atoms with Gasteiger partial charge in [0.1, 0.15) is 5.82 Å². The van der Waals surface area contributed by atoms with Crippen molar-refractivity contribution in [2.45, 2.75) is 6.42 Å². The number of rotatable bonds is 2. The SMILES string of the molecule is N#CCc1nccc(-c2ccccc2Br)n1. The highest BCUT2D eigenvalue weighted by Gasteiger charge is 2.04. The molecule has 0 atom stereocenters. The van der Waals surface area contributed by atoms with Gasteiger partial charge in [0.15, 0.2) is 0 Å². The molecule has 2 rings (SSSR count). The predicted molar refractivity (Wildman–Crippen MR) is 64.5 cm³/mol. The summed E-state index contributed by atoms with van der Waals surface area (Å²) in [6, 6.07) is 11.7. The molecule has 0 aliphatic rings. The van der Waals surface area contributed by atoms with Gasteiger partial charge in [-0.05, 0) is 12.1 Å². The molecule has 0 spiro atoms. The van der Waals surface area contributed by atoms with Gasteiger partial charge in [-0.2, -0.15) is 5.26 Å². The molecule has 0 saturated carbocycles. The molecule has 78 valence electrons. The number of nitriles is 1. The second-order valence-corrected chi connectivity index (χ2v) is 4.03. The summed E-state index contributed by atoms with van der Waals surface area (Å²) in [5.74, 6) is 0.552. The largest absolute Gasteiger partial charge is 0.240 e. The molecule has 16 heavy (non-hydrogen) atoms. The van der Waals surface area contributed by atoms with Crippen molar-refractivity contribution >= 4 is 15.9 Å². The predicted octanol–water partition coefficient (Wildman–Crippen LogP) is 2.97. The molecule has 0 aliphatic carbocycles. The minimum atomic E-state index is 0.234. The highest BCUT2D eigenvalue weighted by Crippen LogP contribution is 2.25. The molecular weight excluding hydrogens is 266 g/mol. The third-order valence-electron chi connectivity index (χ3n) is 2.09. The lowest BCUT2D eigenvalue weighted by atomic mass is 10.1. The van der Waals surface area contributed by atoms with Crippen LogP contribution in [0.4, 0.5) is 0 Å². The minimum absolute atomic E-state index is 0.234. The Morgan fingerprint density at radius 2 is 2.06 bits per heavy atom. The van der Waals surface area contributed by atoms with Crippen LogP contribution in [0, 0.1) is 11.3 Å². The van der Waals surface area contributed by atoms with E-state index in [1.165, 1.54) is 0 Å². The second kappa shape index (κ2) is 4.86. The molecule has 1 aromatic carbocycles. The van der Waals surface area contributed by atoms with Crippen molar-refractivity contribution in [3.8, 4) is 17.3 Å². The van der Waals surface area contributed by atoms with Crippen molar-refractivity contribution < 1.29 is 0 Å². The standard InChI is InChI=1S/C12H8BrN3/c13-10-4-2-1-3-9(10)11-6-8-15-12(16-11)5-7-14/h1-4,6,8H,5H2. The van der Waals surface area contributed by atoms with Gasteiger partial charge in [-0.1, -0.05) is 34.1 Å². The summed E-state index contributed by atoms with van der Waals surface area (Å²) in [6.45, 7) is 0. The third kappa shape index (κ3) is 2.26. The Balaban J connectivity index is 2.45. The van der Waals surface area contributed by atoms with E-state index in [2.05, 4.69) is 25.9 Å². The van der Waals surface area contributed by atoms with Crippen LogP contribution < -0.4 is 0 Å². The summed E-state index contributed by atoms with van der Waals surface area (Å²) in [7, 11) is 0. The summed E-state index contributed by atoms with van der Waals surface area (Å²) >= 11 is 3.47. The van der Waals surface area contributed by atoms with Gasteiger partial charge < -0.3 is 0 Å². The summed E-state index contributed by atoms with van der Waals surface area (Å²) in [5.41, 5.74) is 1.83. The van der Waals surface area contributed by atoms with Gasteiger partial charge in [0.2, 0.25) is 0 Å². The Hall–Kier alpha value is -1.73. The molecule has 0 amide bonds. The summed E-state index contributed by atoms with van der Waals surface area (Å²) in [5, 5.41) is 8.60. The second-order valence-electron chi connectivity index (χ2n) is 3.17. The van der Waals surface area contributed by atoms with Crippen LogP contribution in [-0.4, -0.2) is 9.97 Å². The van der Waals surface area contributed by atoms with Gasteiger partial charge in [-0.25, -0.2) is 9.97 Å². The van der Waals surface area contributed by atoms with Crippen molar-refractivity contribution in [3.05, 3.63) is 46.8 Å². The summed E-state index contributed by atoms with van der Waals surface area (Å²) < 4.78 is 0.983. The molecular formula is C12H8BrN3. The normalized spacial score (nSPS) is 9.75. The Kier molecular flexibility index (Phi) is 3.28. The number of nitrogens with zero attached hydrogens (tertiary/aromatic N) is 3. The first kappa shape index (κ1) is 10.8. The van der Waals surface area contributed by atoms with Crippen molar-refractivity contribution in [3.63, 3.8) is 0 Å². The molecule has 3 nitrogen and oxygen atoms in total. The van der Waals surface area contributed by atoms with E-state index in [-0.39, 0.29) is 6.42 Å². The molecule has 0 saturated heterocycles. The summed E-state index contributed by atoms with van der Waals surface area (Å²) in [6.07, 6.45) is 1.91. The van der Waals surface area contributed by atoms with E-state index < -0.39 is 0 Å². The highest BCUT2D eigenvalue weighted by atomic mass is 79.9. The van der Waals surface area contributed by atoms with Crippen LogP contribution >= 0.6 is 15.9 Å². The fraction of sp³-hybridized carbons (Fsp3) is 0.0833. The van der Waals surface area contributed by atoms with E-state index in [0.29, 0.717) is 5.82 Å². The maximum atomic E-state index is 8.60. The molecule has 2 aromatic rings. The van der Waals surface area contributed by atoms with E-state index in [4.69, 9.17) is 5.26 Å². The van der Waals surface area contributed by atoms with Gasteiger partial charge in [0.05, 0.1) is 18.2 Å². The molecule has 0 radical (unpaired) electrons. The lowest BCUT2D eigenvalue weighted by molar-refractivity contribution is 0.999. The zero-order valence-electron chi connectivity index (χ0n) is 8.39. The fourth-order valence-electron chi connectivity index (χ4n) is 1.37. The molecule has 4 heteroatoms.